The molecule has 2 atom stereocenters. The van der Waals surface area contributed by atoms with Gasteiger partial charge in [0.2, 0.25) is 0 Å². The molecule has 0 spiro atoms. The van der Waals surface area contributed by atoms with Crippen molar-refractivity contribution in [2.75, 3.05) is 6.61 Å². The predicted molar refractivity (Wildman–Crippen MR) is 64.1 cm³/mol. The molecule has 0 amide bonds. The molecule has 2 unspecified atom stereocenters. The second-order valence-corrected chi connectivity index (χ2v) is 3.31. The first kappa shape index (κ1) is 15.0. The second kappa shape index (κ2) is 7.34. The normalized spacial score (nSPS) is 11.4. The van der Waals surface area contributed by atoms with Crippen LogP contribution in [0.2, 0.25) is 0 Å². The Balaban J connectivity index is 0.00000106. The van der Waals surface area contributed by atoms with E-state index in [1.807, 2.05) is 23.1 Å². The molecule has 0 fully saturated rings. The number of aromatic nitrogens is 2. The van der Waals surface area contributed by atoms with Crippen LogP contribution < -0.4 is 0 Å². The highest BCUT2D eigenvalue weighted by atomic mass is 31.0. The number of carbonyl (C=O) groups excluding carboxylic acids is 1. The lowest BCUT2D eigenvalue weighted by atomic mass is 10.2. The maximum atomic E-state index is 13.0. The first-order valence-corrected chi connectivity index (χ1v) is 5.83. The van der Waals surface area contributed by atoms with Crippen LogP contribution in [0.5, 0.6) is 0 Å². The van der Waals surface area contributed by atoms with Crippen molar-refractivity contribution in [3.63, 3.8) is 0 Å². The molecule has 0 saturated carbocycles. The van der Waals surface area contributed by atoms with Crippen molar-refractivity contribution in [1.29, 1.82) is 0 Å². The Morgan fingerprint density at radius 2 is 2.25 bits per heavy atom. The molecular formula is C10H18FN2O2P. The maximum Gasteiger partial charge on any atom is 0.341 e. The number of hydrogen-bond acceptors (Lipinski definition) is 3. The van der Waals surface area contributed by atoms with Crippen molar-refractivity contribution >= 4 is 15.2 Å². The Hall–Kier alpha value is -0.960. The monoisotopic (exact) mass is 248 g/mol. The van der Waals surface area contributed by atoms with Gasteiger partial charge in [0.05, 0.1) is 6.61 Å². The lowest BCUT2D eigenvalue weighted by Gasteiger charge is -2.01. The third-order valence-electron chi connectivity index (χ3n) is 1.61. The average Bonchev–Trinajstić information content (AvgIpc) is 2.64. The van der Waals surface area contributed by atoms with Gasteiger partial charge in [0.1, 0.15) is 11.3 Å². The average molecular weight is 248 g/mol. The Morgan fingerprint density at radius 1 is 1.69 bits per heavy atom. The first-order chi connectivity index (χ1) is 7.56. The van der Waals surface area contributed by atoms with E-state index in [1.165, 1.54) is 10.9 Å². The Kier molecular flexibility index (Phi) is 6.90. The molecule has 0 aromatic carbocycles. The summed E-state index contributed by atoms with van der Waals surface area (Å²) < 4.78 is 19.1. The number of halogens is 1. The zero-order valence-electron chi connectivity index (χ0n) is 10.0. The molecule has 0 saturated heterocycles. The fourth-order valence-electron chi connectivity index (χ4n) is 1.08. The van der Waals surface area contributed by atoms with Crippen LogP contribution >= 0.6 is 9.24 Å². The van der Waals surface area contributed by atoms with E-state index in [0.29, 0.717) is 0 Å². The second-order valence-electron chi connectivity index (χ2n) is 2.72. The van der Waals surface area contributed by atoms with Gasteiger partial charge in [0, 0.05) is 13.2 Å². The molecule has 0 aliphatic heterocycles. The SMILES string of the molecule is CC.CCOC(=O)c1cn(C)nc1C(F)P. The van der Waals surface area contributed by atoms with E-state index in [-0.39, 0.29) is 17.9 Å². The van der Waals surface area contributed by atoms with Crippen LogP contribution in [0.25, 0.3) is 0 Å². The quantitative estimate of drug-likeness (QED) is 0.609. The van der Waals surface area contributed by atoms with Crippen LogP contribution in [0, 0.1) is 0 Å². The molecule has 1 aromatic rings. The number of rotatable bonds is 3. The Bertz CT molecular complexity index is 340. The molecule has 4 nitrogen and oxygen atoms in total. The van der Waals surface area contributed by atoms with Crippen molar-refractivity contribution in [2.45, 2.75) is 26.7 Å². The van der Waals surface area contributed by atoms with Gasteiger partial charge in [-0.05, 0) is 6.92 Å². The van der Waals surface area contributed by atoms with Gasteiger partial charge in [0.15, 0.2) is 5.91 Å². The Labute approximate surface area is 97.4 Å². The zero-order valence-corrected chi connectivity index (χ0v) is 11.2. The highest BCUT2D eigenvalue weighted by Gasteiger charge is 2.20. The molecule has 0 bridgehead atoms. The summed E-state index contributed by atoms with van der Waals surface area (Å²) in [5.74, 6) is -1.89. The van der Waals surface area contributed by atoms with Crippen molar-refractivity contribution in [1.82, 2.24) is 9.78 Å². The standard InChI is InChI=1S/C8H12FN2O2P.C2H6/c1-3-13-8(12)5-4-11(2)10-6(5)7(9)14;1-2/h4,7H,3,14H2,1-2H3;1-2H3. The van der Waals surface area contributed by atoms with E-state index in [0.717, 1.165) is 0 Å². The van der Waals surface area contributed by atoms with E-state index in [4.69, 9.17) is 4.74 Å². The highest BCUT2D eigenvalue weighted by molar-refractivity contribution is 7.16. The molecule has 16 heavy (non-hydrogen) atoms. The van der Waals surface area contributed by atoms with Crippen molar-refractivity contribution in [3.05, 3.63) is 17.5 Å². The molecule has 1 heterocycles. The first-order valence-electron chi connectivity index (χ1n) is 5.16. The van der Waals surface area contributed by atoms with Crippen LogP contribution in [0.3, 0.4) is 0 Å². The molecule has 0 radical (unpaired) electrons. The summed E-state index contributed by atoms with van der Waals surface area (Å²) in [7, 11) is 3.57. The lowest BCUT2D eigenvalue weighted by Crippen LogP contribution is -2.06. The van der Waals surface area contributed by atoms with Crippen molar-refractivity contribution in [2.24, 2.45) is 7.05 Å². The third-order valence-corrected chi connectivity index (χ3v) is 1.93. The number of alkyl halides is 1. The molecule has 0 N–H and O–H groups in total. The molecule has 0 aliphatic carbocycles. The van der Waals surface area contributed by atoms with Gasteiger partial charge in [0.25, 0.3) is 0 Å². The summed E-state index contributed by atoms with van der Waals surface area (Å²) >= 11 is 0. The van der Waals surface area contributed by atoms with Gasteiger partial charge in [-0.25, -0.2) is 9.18 Å². The highest BCUT2D eigenvalue weighted by Crippen LogP contribution is 2.26. The van der Waals surface area contributed by atoms with E-state index < -0.39 is 11.9 Å². The maximum absolute atomic E-state index is 13.0. The van der Waals surface area contributed by atoms with Crippen LogP contribution in [0.15, 0.2) is 6.20 Å². The fraction of sp³-hybridized carbons (Fsp3) is 0.600. The number of esters is 1. The van der Waals surface area contributed by atoms with E-state index in [1.54, 1.807) is 14.0 Å². The minimum absolute atomic E-state index is 0.0935. The summed E-state index contributed by atoms with van der Waals surface area (Å²) in [6.45, 7) is 5.96. The minimum Gasteiger partial charge on any atom is -0.462 e. The van der Waals surface area contributed by atoms with Crippen LogP contribution in [-0.2, 0) is 11.8 Å². The smallest absolute Gasteiger partial charge is 0.341 e. The summed E-state index contributed by atoms with van der Waals surface area (Å²) in [5.41, 5.74) is 0.271. The molecule has 0 aliphatic rings. The van der Waals surface area contributed by atoms with Gasteiger partial charge in [-0.3, -0.25) is 4.68 Å². The van der Waals surface area contributed by atoms with Crippen LogP contribution in [0.1, 0.15) is 42.7 Å². The van der Waals surface area contributed by atoms with E-state index >= 15 is 0 Å². The number of hydrogen-bond donors (Lipinski definition) is 0. The summed E-state index contributed by atoms with van der Waals surface area (Å²) in [5, 5.41) is 3.83. The number of nitrogens with zero attached hydrogens (tertiary/aromatic N) is 2. The van der Waals surface area contributed by atoms with Gasteiger partial charge < -0.3 is 4.74 Å². The molecule has 92 valence electrons. The number of carbonyl (C=O) groups is 1. The predicted octanol–water partition coefficient (Wildman–Crippen LogP) is 2.47. The third kappa shape index (κ3) is 3.89. The lowest BCUT2D eigenvalue weighted by molar-refractivity contribution is 0.0524. The minimum atomic E-state index is -1.35. The van der Waals surface area contributed by atoms with Crippen LogP contribution in [0.4, 0.5) is 4.39 Å². The molecule has 1 aromatic heterocycles. The van der Waals surface area contributed by atoms with Crippen LogP contribution in [-0.4, -0.2) is 22.4 Å². The topological polar surface area (TPSA) is 44.1 Å². The van der Waals surface area contributed by atoms with Gasteiger partial charge in [-0.15, -0.1) is 0 Å². The summed E-state index contributed by atoms with van der Waals surface area (Å²) in [6, 6.07) is 0. The number of ether oxygens (including phenoxy) is 1. The fourth-order valence-corrected chi connectivity index (χ4v) is 1.32. The van der Waals surface area contributed by atoms with Crippen molar-refractivity contribution < 1.29 is 13.9 Å². The van der Waals surface area contributed by atoms with Gasteiger partial charge in [-0.2, -0.15) is 5.10 Å². The van der Waals surface area contributed by atoms with Gasteiger partial charge in [-0.1, -0.05) is 23.1 Å². The summed E-state index contributed by atoms with van der Waals surface area (Å²) in [6.07, 6.45) is 1.45. The molecular weight excluding hydrogens is 230 g/mol. The van der Waals surface area contributed by atoms with Crippen molar-refractivity contribution in [3.8, 4) is 0 Å². The Morgan fingerprint density at radius 3 is 2.69 bits per heavy atom. The van der Waals surface area contributed by atoms with E-state index in [2.05, 4.69) is 5.10 Å². The largest absolute Gasteiger partial charge is 0.462 e. The van der Waals surface area contributed by atoms with Gasteiger partial charge >= 0.3 is 5.97 Å². The van der Waals surface area contributed by atoms with E-state index in [9.17, 15) is 9.18 Å². The molecule has 1 rings (SSSR count). The number of aryl methyl sites for hydroxylation is 1. The zero-order chi connectivity index (χ0) is 12.7. The molecule has 6 heteroatoms. The summed E-state index contributed by atoms with van der Waals surface area (Å²) in [4.78, 5) is 11.3.